The highest BCUT2D eigenvalue weighted by Crippen LogP contribution is 2.32. The molecule has 1 aliphatic heterocycles. The molecule has 0 saturated heterocycles. The molecule has 4 rings (SSSR count). The van der Waals surface area contributed by atoms with Crippen LogP contribution in [-0.4, -0.2) is 27.6 Å². The summed E-state index contributed by atoms with van der Waals surface area (Å²) in [6.07, 6.45) is -1.20. The fourth-order valence-electron chi connectivity index (χ4n) is 3.03. The van der Waals surface area contributed by atoms with Gasteiger partial charge in [-0.3, -0.25) is 9.89 Å². The Balaban J connectivity index is 1.71. The summed E-state index contributed by atoms with van der Waals surface area (Å²) in [5, 5.41) is 7.39. The number of halogens is 3. The molecule has 0 bridgehead atoms. The van der Waals surface area contributed by atoms with Crippen LogP contribution in [0.2, 0.25) is 0 Å². The third-order valence-electron chi connectivity index (χ3n) is 4.22. The highest BCUT2D eigenvalue weighted by atomic mass is 19.4. The van der Waals surface area contributed by atoms with Gasteiger partial charge in [-0.25, -0.2) is 0 Å². The molecular formula is C16H13F3N4O. The van der Waals surface area contributed by atoms with Gasteiger partial charge in [0.2, 0.25) is 0 Å². The zero-order valence-corrected chi connectivity index (χ0v) is 12.4. The second kappa shape index (κ2) is 5.12. The Labute approximate surface area is 134 Å². The van der Waals surface area contributed by atoms with Crippen LogP contribution in [0.5, 0.6) is 0 Å². The number of aryl methyl sites for hydroxylation is 1. The molecule has 0 saturated carbocycles. The van der Waals surface area contributed by atoms with Crippen LogP contribution in [0.1, 0.15) is 28.2 Å². The summed E-state index contributed by atoms with van der Waals surface area (Å²) in [6, 6.07) is 4.97. The largest absolute Gasteiger partial charge is 0.416 e. The number of fused-ring (bicyclic) bond motifs is 2. The molecule has 3 heterocycles. The van der Waals surface area contributed by atoms with E-state index in [0.29, 0.717) is 11.9 Å². The Hall–Kier alpha value is -2.77. The van der Waals surface area contributed by atoms with Crippen molar-refractivity contribution >= 4 is 22.5 Å². The maximum Gasteiger partial charge on any atom is 0.416 e. The average molecular weight is 334 g/mol. The number of aromatic nitrogens is 3. The van der Waals surface area contributed by atoms with Crippen molar-refractivity contribution in [2.24, 2.45) is 0 Å². The molecule has 2 N–H and O–H groups in total. The van der Waals surface area contributed by atoms with Crippen LogP contribution in [0.25, 0.3) is 10.9 Å². The third kappa shape index (κ3) is 2.34. The maximum atomic E-state index is 12.8. The molecule has 24 heavy (non-hydrogen) atoms. The first kappa shape index (κ1) is 14.8. The lowest BCUT2D eigenvalue weighted by atomic mass is 10.1. The molecule has 0 spiro atoms. The molecule has 1 amide bonds. The summed E-state index contributed by atoms with van der Waals surface area (Å²) in [5.74, 6) is -0.276. The van der Waals surface area contributed by atoms with Crippen molar-refractivity contribution < 1.29 is 18.0 Å². The number of amides is 1. The number of alkyl halides is 3. The molecular weight excluding hydrogens is 321 g/mol. The van der Waals surface area contributed by atoms with E-state index >= 15 is 0 Å². The van der Waals surface area contributed by atoms with E-state index in [1.807, 2.05) is 0 Å². The van der Waals surface area contributed by atoms with Gasteiger partial charge >= 0.3 is 6.18 Å². The van der Waals surface area contributed by atoms with Crippen molar-refractivity contribution in [3.8, 4) is 0 Å². The molecule has 8 heteroatoms. The van der Waals surface area contributed by atoms with E-state index in [1.165, 1.54) is 6.07 Å². The number of nitrogens with one attached hydrogen (secondary N) is 2. The van der Waals surface area contributed by atoms with Gasteiger partial charge in [-0.05, 0) is 31.0 Å². The zero-order valence-electron chi connectivity index (χ0n) is 12.4. The number of carbonyl (C=O) groups excluding carboxylic acids is 1. The molecule has 5 nitrogen and oxygen atoms in total. The van der Waals surface area contributed by atoms with Gasteiger partial charge < -0.3 is 9.88 Å². The number of benzene rings is 1. The minimum atomic E-state index is -4.41. The third-order valence-corrected chi connectivity index (χ3v) is 4.22. The number of aromatic amines is 2. The summed E-state index contributed by atoms with van der Waals surface area (Å²) in [5.41, 5.74) is 1.42. The van der Waals surface area contributed by atoms with Gasteiger partial charge in [0, 0.05) is 17.4 Å². The van der Waals surface area contributed by atoms with Crippen molar-refractivity contribution in [3.63, 3.8) is 0 Å². The Morgan fingerprint density at radius 1 is 1.25 bits per heavy atom. The highest BCUT2D eigenvalue weighted by Gasteiger charge is 2.31. The summed E-state index contributed by atoms with van der Waals surface area (Å²) in [7, 11) is 0. The van der Waals surface area contributed by atoms with Crippen LogP contribution in [0.3, 0.4) is 0 Å². The molecule has 0 radical (unpaired) electrons. The number of hydrogen-bond acceptors (Lipinski definition) is 2. The van der Waals surface area contributed by atoms with Gasteiger partial charge in [0.25, 0.3) is 5.91 Å². The van der Waals surface area contributed by atoms with E-state index in [4.69, 9.17) is 0 Å². The molecule has 2 aromatic heterocycles. The fourth-order valence-corrected chi connectivity index (χ4v) is 3.03. The Morgan fingerprint density at radius 3 is 2.88 bits per heavy atom. The van der Waals surface area contributed by atoms with Gasteiger partial charge in [0.1, 0.15) is 5.69 Å². The van der Waals surface area contributed by atoms with Gasteiger partial charge in [0.05, 0.1) is 23.1 Å². The van der Waals surface area contributed by atoms with Crippen molar-refractivity contribution in [1.29, 1.82) is 0 Å². The van der Waals surface area contributed by atoms with E-state index in [2.05, 4.69) is 15.2 Å². The monoisotopic (exact) mass is 334 g/mol. The van der Waals surface area contributed by atoms with Gasteiger partial charge in [-0.1, -0.05) is 6.07 Å². The van der Waals surface area contributed by atoms with Gasteiger partial charge in [-0.15, -0.1) is 0 Å². The number of carbonyl (C=O) groups is 1. The molecule has 0 unspecified atom stereocenters. The van der Waals surface area contributed by atoms with Crippen LogP contribution >= 0.6 is 0 Å². The minimum absolute atomic E-state index is 0.262. The molecule has 124 valence electrons. The lowest BCUT2D eigenvalue weighted by Crippen LogP contribution is -2.35. The SMILES string of the molecule is O=C(c1cc2ccc(C(F)(F)F)cc2[nH]1)N1CCCc2[nH]ncc21. The predicted octanol–water partition coefficient (Wildman–Crippen LogP) is 3.50. The van der Waals surface area contributed by atoms with E-state index < -0.39 is 11.7 Å². The van der Waals surface area contributed by atoms with E-state index in [0.717, 1.165) is 36.4 Å². The van der Waals surface area contributed by atoms with Gasteiger partial charge in [0.15, 0.2) is 0 Å². The van der Waals surface area contributed by atoms with Crippen LogP contribution in [0.4, 0.5) is 18.9 Å². The molecule has 1 aliphatic rings. The smallest absolute Gasteiger partial charge is 0.350 e. The maximum absolute atomic E-state index is 12.8. The van der Waals surface area contributed by atoms with E-state index in [-0.39, 0.29) is 17.1 Å². The van der Waals surface area contributed by atoms with E-state index in [1.54, 1.807) is 17.2 Å². The van der Waals surface area contributed by atoms with Crippen LogP contribution in [0, 0.1) is 0 Å². The Morgan fingerprint density at radius 2 is 2.08 bits per heavy atom. The van der Waals surface area contributed by atoms with Crippen molar-refractivity contribution in [2.75, 3.05) is 11.4 Å². The summed E-state index contributed by atoms with van der Waals surface area (Å²) in [4.78, 5) is 17.1. The van der Waals surface area contributed by atoms with Crippen LogP contribution in [0.15, 0.2) is 30.5 Å². The van der Waals surface area contributed by atoms with Crippen LogP contribution in [-0.2, 0) is 12.6 Å². The number of anilines is 1. The zero-order chi connectivity index (χ0) is 16.9. The van der Waals surface area contributed by atoms with Crippen molar-refractivity contribution in [1.82, 2.24) is 15.2 Å². The molecule has 0 fully saturated rings. The summed E-state index contributed by atoms with van der Waals surface area (Å²) >= 11 is 0. The molecule has 1 aromatic carbocycles. The van der Waals surface area contributed by atoms with Crippen molar-refractivity contribution in [2.45, 2.75) is 19.0 Å². The first-order valence-electron chi connectivity index (χ1n) is 7.47. The lowest BCUT2D eigenvalue weighted by Gasteiger charge is -2.25. The molecule has 3 aromatic rings. The quantitative estimate of drug-likeness (QED) is 0.715. The standard InChI is InChI=1S/C16H13F3N4O/c17-16(18,19)10-4-3-9-6-13(21-12(9)7-10)15(24)23-5-1-2-11-14(23)8-20-22-11/h3-4,6-8,21H,1-2,5H2,(H,20,22). The number of rotatable bonds is 1. The average Bonchev–Trinajstić information content (AvgIpc) is 3.18. The first-order valence-corrected chi connectivity index (χ1v) is 7.47. The van der Waals surface area contributed by atoms with E-state index in [9.17, 15) is 18.0 Å². The van der Waals surface area contributed by atoms with Gasteiger partial charge in [-0.2, -0.15) is 18.3 Å². The number of hydrogen-bond donors (Lipinski definition) is 2. The Kier molecular flexibility index (Phi) is 3.16. The molecule has 0 aliphatic carbocycles. The van der Waals surface area contributed by atoms with Crippen molar-refractivity contribution in [3.05, 3.63) is 47.4 Å². The fraction of sp³-hybridized carbons (Fsp3) is 0.250. The lowest BCUT2D eigenvalue weighted by molar-refractivity contribution is -0.137. The first-order chi connectivity index (χ1) is 11.4. The number of nitrogens with zero attached hydrogens (tertiary/aromatic N) is 2. The van der Waals surface area contributed by atoms with Crippen LogP contribution < -0.4 is 4.90 Å². The molecule has 0 atom stereocenters. The second-order valence-corrected chi connectivity index (χ2v) is 5.78. The number of H-pyrrole nitrogens is 2. The topological polar surface area (TPSA) is 64.8 Å². The summed E-state index contributed by atoms with van der Waals surface area (Å²) in [6.45, 7) is 0.550. The second-order valence-electron chi connectivity index (χ2n) is 5.78. The Bertz CT molecular complexity index is 925. The normalized spacial score (nSPS) is 14.9. The highest BCUT2D eigenvalue weighted by molar-refractivity contribution is 6.08. The predicted molar refractivity (Wildman–Crippen MR) is 81.9 cm³/mol. The minimum Gasteiger partial charge on any atom is -0.350 e. The summed E-state index contributed by atoms with van der Waals surface area (Å²) < 4.78 is 38.4.